The summed E-state index contributed by atoms with van der Waals surface area (Å²) in [5, 5.41) is 7.49. The number of nitrogens with zero attached hydrogens (tertiary/aromatic N) is 5. The molecule has 0 aliphatic carbocycles. The fourth-order valence-corrected chi connectivity index (χ4v) is 7.59. The van der Waals surface area contributed by atoms with E-state index >= 15 is 0 Å². The Balaban J connectivity index is 1.15. The molecule has 0 radical (unpaired) electrons. The van der Waals surface area contributed by atoms with Crippen LogP contribution in [-0.2, 0) is 16.4 Å². The SMILES string of the molecule is CN(C)C1CCN(C2CCN(c3cc(Cl)c(Nc4ncc(Br)c(Nc5cc6c(cc5NS(C)(=O)=O)CCO6)n4)cc3Cl)CC2)C1. The van der Waals surface area contributed by atoms with Gasteiger partial charge in [-0.3, -0.25) is 9.62 Å². The van der Waals surface area contributed by atoms with Crippen LogP contribution in [0, 0.1) is 0 Å². The van der Waals surface area contributed by atoms with Crippen LogP contribution in [0.5, 0.6) is 5.75 Å². The van der Waals surface area contributed by atoms with Crippen LogP contribution in [0.4, 0.5) is 34.5 Å². The highest BCUT2D eigenvalue weighted by molar-refractivity contribution is 9.10. The molecule has 3 aliphatic heterocycles. The summed E-state index contributed by atoms with van der Waals surface area (Å²) in [4.78, 5) is 16.3. The van der Waals surface area contributed by atoms with Crippen molar-refractivity contribution in [3.63, 3.8) is 0 Å². The van der Waals surface area contributed by atoms with Crippen LogP contribution in [0.1, 0.15) is 24.8 Å². The third kappa shape index (κ3) is 7.55. The average Bonchev–Trinajstić information content (AvgIpc) is 3.66. The van der Waals surface area contributed by atoms with Gasteiger partial charge in [0.1, 0.15) is 11.6 Å². The minimum Gasteiger partial charge on any atom is -0.493 e. The summed E-state index contributed by atoms with van der Waals surface area (Å²) in [6.07, 6.45) is 6.83. The number of anilines is 6. The zero-order chi connectivity index (χ0) is 31.9. The molecule has 3 aliphatic rings. The Bertz CT molecular complexity index is 1690. The molecule has 2 fully saturated rings. The average molecular weight is 741 g/mol. The van der Waals surface area contributed by atoms with Gasteiger partial charge in [0.15, 0.2) is 0 Å². The number of rotatable bonds is 9. The van der Waals surface area contributed by atoms with Gasteiger partial charge in [-0.15, -0.1) is 0 Å². The van der Waals surface area contributed by atoms with Crippen LogP contribution in [0.3, 0.4) is 0 Å². The predicted molar refractivity (Wildman–Crippen MR) is 186 cm³/mol. The maximum absolute atomic E-state index is 12.1. The first-order chi connectivity index (χ1) is 21.4. The Morgan fingerprint density at radius 1 is 1.00 bits per heavy atom. The lowest BCUT2D eigenvalue weighted by atomic mass is 10.0. The van der Waals surface area contributed by atoms with E-state index in [0.29, 0.717) is 68.3 Å². The molecule has 1 unspecified atom stereocenters. The van der Waals surface area contributed by atoms with E-state index < -0.39 is 10.0 Å². The monoisotopic (exact) mass is 738 g/mol. The predicted octanol–water partition coefficient (Wildman–Crippen LogP) is 5.94. The first-order valence-electron chi connectivity index (χ1n) is 14.9. The number of sulfonamides is 1. The molecule has 3 aromatic rings. The number of likely N-dealkylation sites (N-methyl/N-ethyl adjacent to an activating group) is 1. The van der Waals surface area contributed by atoms with E-state index in [1.807, 2.05) is 6.07 Å². The number of ether oxygens (including phenoxy) is 1. The van der Waals surface area contributed by atoms with Crippen molar-refractivity contribution in [2.45, 2.75) is 37.8 Å². The Morgan fingerprint density at radius 2 is 1.78 bits per heavy atom. The molecule has 15 heteroatoms. The Hall–Kier alpha value is -2.55. The molecule has 0 amide bonds. The van der Waals surface area contributed by atoms with Crippen molar-refractivity contribution in [3.8, 4) is 5.75 Å². The van der Waals surface area contributed by atoms with Gasteiger partial charge in [0.25, 0.3) is 0 Å². The lowest BCUT2D eigenvalue weighted by molar-refractivity contribution is 0.189. The van der Waals surface area contributed by atoms with E-state index in [2.05, 4.69) is 70.0 Å². The molecule has 11 nitrogen and oxygen atoms in total. The second-order valence-electron chi connectivity index (χ2n) is 12.0. The zero-order valence-corrected chi connectivity index (χ0v) is 29.3. The summed E-state index contributed by atoms with van der Waals surface area (Å²) in [6.45, 7) is 4.69. The van der Waals surface area contributed by atoms with Gasteiger partial charge < -0.3 is 25.2 Å². The standard InChI is InChI=1S/C30H37BrCl2N8O3S/c1-39(2)20-6-10-41(17-20)19-4-8-40(9-5-19)27-14-22(32)24(13-23(27)33)36-30-34-16-21(31)29(37-30)35-25-15-28-18(7-11-44-28)12-26(25)38-45(3,42)43/h12-16,19-20,38H,4-11,17H2,1-3H3,(H2,34,35,36,37). The first kappa shape index (κ1) is 32.4. The number of hydrogen-bond acceptors (Lipinski definition) is 10. The molecule has 6 rings (SSSR count). The summed E-state index contributed by atoms with van der Waals surface area (Å²) in [5.41, 5.74) is 3.31. The number of likely N-dealkylation sites (tertiary alicyclic amines) is 1. The van der Waals surface area contributed by atoms with Crippen molar-refractivity contribution in [2.75, 3.05) is 73.4 Å². The molecule has 3 N–H and O–H groups in total. The lowest BCUT2D eigenvalue weighted by Gasteiger charge is -2.38. The summed E-state index contributed by atoms with van der Waals surface area (Å²) < 4.78 is 33.0. The highest BCUT2D eigenvalue weighted by Crippen LogP contribution is 2.40. The molecule has 45 heavy (non-hydrogen) atoms. The number of aromatic nitrogens is 2. The number of nitrogens with one attached hydrogen (secondary N) is 3. The molecule has 1 aromatic heterocycles. The molecule has 0 saturated carbocycles. The highest BCUT2D eigenvalue weighted by Gasteiger charge is 2.32. The van der Waals surface area contributed by atoms with Gasteiger partial charge in [-0.1, -0.05) is 23.2 Å². The van der Waals surface area contributed by atoms with E-state index in [1.54, 1.807) is 24.4 Å². The van der Waals surface area contributed by atoms with Gasteiger partial charge in [0, 0.05) is 56.9 Å². The number of hydrogen-bond donors (Lipinski definition) is 3. The second kappa shape index (κ2) is 13.3. The molecular weight excluding hydrogens is 703 g/mol. The quantitative estimate of drug-likeness (QED) is 0.244. The highest BCUT2D eigenvalue weighted by atomic mass is 79.9. The van der Waals surface area contributed by atoms with Crippen molar-refractivity contribution in [3.05, 3.63) is 50.5 Å². The number of benzene rings is 2. The van der Waals surface area contributed by atoms with E-state index in [1.165, 1.54) is 6.42 Å². The molecule has 2 aromatic carbocycles. The Morgan fingerprint density at radius 3 is 2.49 bits per heavy atom. The number of halogens is 3. The summed E-state index contributed by atoms with van der Waals surface area (Å²) in [6, 6.07) is 8.48. The maximum Gasteiger partial charge on any atom is 0.229 e. The van der Waals surface area contributed by atoms with Crippen LogP contribution >= 0.6 is 39.1 Å². The molecular formula is C30H37BrCl2N8O3S. The van der Waals surface area contributed by atoms with E-state index in [-0.39, 0.29) is 5.95 Å². The van der Waals surface area contributed by atoms with Crippen LogP contribution < -0.4 is 25.0 Å². The summed E-state index contributed by atoms with van der Waals surface area (Å²) in [7, 11) is 0.814. The van der Waals surface area contributed by atoms with E-state index in [0.717, 1.165) is 56.5 Å². The van der Waals surface area contributed by atoms with Crippen molar-refractivity contribution in [1.82, 2.24) is 19.8 Å². The van der Waals surface area contributed by atoms with Gasteiger partial charge >= 0.3 is 0 Å². The minimum absolute atomic E-state index is 0.281. The van der Waals surface area contributed by atoms with Crippen molar-refractivity contribution in [1.29, 1.82) is 0 Å². The normalized spacial score (nSPS) is 19.1. The molecule has 0 spiro atoms. The van der Waals surface area contributed by atoms with Crippen molar-refractivity contribution < 1.29 is 13.2 Å². The van der Waals surface area contributed by atoms with E-state index in [9.17, 15) is 8.42 Å². The van der Waals surface area contributed by atoms with Crippen molar-refractivity contribution in [2.24, 2.45) is 0 Å². The van der Waals surface area contributed by atoms with Crippen LogP contribution in [-0.4, -0.2) is 93.4 Å². The number of piperidine rings is 1. The maximum atomic E-state index is 12.1. The largest absolute Gasteiger partial charge is 0.493 e. The van der Waals surface area contributed by atoms with Crippen LogP contribution in [0.25, 0.3) is 0 Å². The van der Waals surface area contributed by atoms with Gasteiger partial charge in [0.2, 0.25) is 16.0 Å². The van der Waals surface area contributed by atoms with Crippen LogP contribution in [0.2, 0.25) is 10.0 Å². The Labute approximate surface area is 282 Å². The molecule has 0 bridgehead atoms. The summed E-state index contributed by atoms with van der Waals surface area (Å²) in [5.74, 6) is 1.39. The van der Waals surface area contributed by atoms with Gasteiger partial charge in [-0.2, -0.15) is 4.98 Å². The molecule has 1 atom stereocenters. The fourth-order valence-electron chi connectivity index (χ4n) is 6.24. The minimum atomic E-state index is -3.52. The first-order valence-corrected chi connectivity index (χ1v) is 18.4. The van der Waals surface area contributed by atoms with Crippen molar-refractivity contribution >= 4 is 83.7 Å². The lowest BCUT2D eigenvalue weighted by Crippen LogP contribution is -2.45. The van der Waals surface area contributed by atoms with Gasteiger partial charge in [0.05, 0.1) is 50.1 Å². The third-order valence-electron chi connectivity index (χ3n) is 8.65. The van der Waals surface area contributed by atoms with Gasteiger partial charge in [-0.25, -0.2) is 13.4 Å². The zero-order valence-electron chi connectivity index (χ0n) is 25.4. The van der Waals surface area contributed by atoms with Gasteiger partial charge in [-0.05, 0) is 73.1 Å². The Kier molecular flexibility index (Phi) is 9.56. The topological polar surface area (TPSA) is 115 Å². The van der Waals surface area contributed by atoms with Crippen LogP contribution in [0.15, 0.2) is 34.9 Å². The third-order valence-corrected chi connectivity index (χ3v) is 10.4. The fraction of sp³-hybridized carbons (Fsp3) is 0.467. The molecule has 242 valence electrons. The molecule has 4 heterocycles. The van der Waals surface area contributed by atoms with E-state index in [4.69, 9.17) is 27.9 Å². The second-order valence-corrected chi connectivity index (χ2v) is 15.4. The number of fused-ring (bicyclic) bond motifs is 1. The smallest absolute Gasteiger partial charge is 0.229 e. The summed E-state index contributed by atoms with van der Waals surface area (Å²) >= 11 is 17.1. The molecule has 2 saturated heterocycles.